The van der Waals surface area contributed by atoms with Gasteiger partial charge in [-0.15, -0.1) is 11.3 Å². The Kier molecular flexibility index (Phi) is 8.19. The van der Waals surface area contributed by atoms with Crippen molar-refractivity contribution in [3.63, 3.8) is 0 Å². The normalized spacial score (nSPS) is 10.6. The van der Waals surface area contributed by atoms with Crippen molar-refractivity contribution >= 4 is 34.2 Å². The predicted molar refractivity (Wildman–Crippen MR) is 109 cm³/mol. The molecule has 1 amide bonds. The number of benzene rings is 1. The monoisotopic (exact) mass is 403 g/mol. The molecular formula is C21H25NO5S. The topological polar surface area (TPSA) is 81.7 Å². The summed E-state index contributed by atoms with van der Waals surface area (Å²) >= 11 is 1.26. The number of carbonyl (C=O) groups excluding carboxylic acids is 3. The van der Waals surface area contributed by atoms with Gasteiger partial charge in [-0.2, -0.15) is 0 Å². The van der Waals surface area contributed by atoms with Crippen molar-refractivity contribution in [1.82, 2.24) is 0 Å². The molecule has 1 aromatic carbocycles. The summed E-state index contributed by atoms with van der Waals surface area (Å²) in [6, 6.07) is 9.15. The highest BCUT2D eigenvalue weighted by Gasteiger charge is 2.22. The molecule has 7 heteroatoms. The van der Waals surface area contributed by atoms with Crippen LogP contribution in [0.1, 0.15) is 42.3 Å². The molecule has 0 aliphatic heterocycles. The van der Waals surface area contributed by atoms with Crippen LogP contribution in [0, 0.1) is 5.92 Å². The molecule has 2 aromatic rings. The van der Waals surface area contributed by atoms with Crippen LogP contribution >= 0.6 is 11.3 Å². The van der Waals surface area contributed by atoms with Crippen LogP contribution in [0.3, 0.4) is 0 Å². The molecule has 0 atom stereocenters. The van der Waals surface area contributed by atoms with E-state index < -0.39 is 24.5 Å². The van der Waals surface area contributed by atoms with Crippen molar-refractivity contribution in [3.8, 4) is 0 Å². The van der Waals surface area contributed by atoms with Gasteiger partial charge in [-0.25, -0.2) is 4.79 Å². The molecule has 0 spiro atoms. The quantitative estimate of drug-likeness (QED) is 0.643. The van der Waals surface area contributed by atoms with Crippen LogP contribution in [0.2, 0.25) is 0 Å². The van der Waals surface area contributed by atoms with Crippen LogP contribution in [0.5, 0.6) is 0 Å². The first-order valence-electron chi connectivity index (χ1n) is 9.17. The molecule has 0 aliphatic carbocycles. The Morgan fingerprint density at radius 2 is 1.82 bits per heavy atom. The second kappa shape index (κ2) is 10.6. The van der Waals surface area contributed by atoms with Gasteiger partial charge in [-0.1, -0.05) is 44.2 Å². The highest BCUT2D eigenvalue weighted by molar-refractivity contribution is 7.15. The molecule has 1 N–H and O–H groups in total. The summed E-state index contributed by atoms with van der Waals surface area (Å²) < 4.78 is 10.2. The van der Waals surface area contributed by atoms with Gasteiger partial charge in [0.15, 0.2) is 6.61 Å². The minimum atomic E-state index is -0.495. The van der Waals surface area contributed by atoms with Crippen molar-refractivity contribution in [3.05, 3.63) is 52.4 Å². The lowest BCUT2D eigenvalue weighted by molar-refractivity contribution is -0.146. The van der Waals surface area contributed by atoms with E-state index in [1.807, 2.05) is 35.7 Å². The molecular weight excluding hydrogens is 378 g/mol. The molecule has 28 heavy (non-hydrogen) atoms. The van der Waals surface area contributed by atoms with Crippen LogP contribution in [0.4, 0.5) is 5.00 Å². The van der Waals surface area contributed by atoms with Crippen LogP contribution < -0.4 is 5.32 Å². The molecule has 1 aromatic heterocycles. The Bertz CT molecular complexity index is 813. The summed E-state index contributed by atoms with van der Waals surface area (Å²) in [6.07, 6.45) is 0.798. The fourth-order valence-electron chi connectivity index (χ4n) is 2.63. The Hall–Kier alpha value is -2.67. The highest BCUT2D eigenvalue weighted by Crippen LogP contribution is 2.30. The summed E-state index contributed by atoms with van der Waals surface area (Å²) in [7, 11) is 0. The number of carbonyl (C=O) groups is 3. The Morgan fingerprint density at radius 3 is 2.46 bits per heavy atom. The lowest BCUT2D eigenvalue weighted by Gasteiger charge is -2.10. The summed E-state index contributed by atoms with van der Waals surface area (Å²) in [6.45, 7) is 5.68. The number of ether oxygens (including phenoxy) is 2. The molecule has 0 bridgehead atoms. The first-order chi connectivity index (χ1) is 13.4. The molecule has 2 rings (SSSR count). The van der Waals surface area contributed by atoms with Gasteiger partial charge in [0.2, 0.25) is 0 Å². The molecule has 150 valence electrons. The first-order valence-corrected chi connectivity index (χ1v) is 10.1. The number of hydrogen-bond acceptors (Lipinski definition) is 6. The van der Waals surface area contributed by atoms with E-state index >= 15 is 0 Å². The lowest BCUT2D eigenvalue weighted by Crippen LogP contribution is -2.22. The molecule has 0 aliphatic rings. The fraction of sp³-hybridized carbons (Fsp3) is 0.381. The minimum Gasteiger partial charge on any atom is -0.462 e. The zero-order valence-corrected chi connectivity index (χ0v) is 17.1. The second-order valence-corrected chi connectivity index (χ2v) is 7.53. The summed E-state index contributed by atoms with van der Waals surface area (Å²) in [4.78, 5) is 36.4. The molecule has 0 radical (unpaired) electrons. The summed E-state index contributed by atoms with van der Waals surface area (Å²) in [5.41, 5.74) is 2.04. The van der Waals surface area contributed by atoms with Gasteiger partial charge < -0.3 is 14.8 Å². The molecule has 6 nitrogen and oxygen atoms in total. The maximum atomic E-state index is 12.3. The van der Waals surface area contributed by atoms with Crippen molar-refractivity contribution in [1.29, 1.82) is 0 Å². The number of nitrogens with one attached hydrogen (secondary N) is 1. The first kappa shape index (κ1) is 21.6. The van der Waals surface area contributed by atoms with Crippen LogP contribution in [0.25, 0.3) is 0 Å². The molecule has 0 unspecified atom stereocenters. The Balaban J connectivity index is 1.97. The molecule has 0 saturated carbocycles. The van der Waals surface area contributed by atoms with Crippen molar-refractivity contribution in [2.75, 3.05) is 18.5 Å². The lowest BCUT2D eigenvalue weighted by atomic mass is 10.0. The number of rotatable bonds is 9. The second-order valence-electron chi connectivity index (χ2n) is 6.65. The molecule has 0 fully saturated rings. The zero-order valence-electron chi connectivity index (χ0n) is 16.3. The van der Waals surface area contributed by atoms with Gasteiger partial charge >= 0.3 is 11.9 Å². The van der Waals surface area contributed by atoms with E-state index in [4.69, 9.17) is 9.47 Å². The number of thiophene rings is 1. The van der Waals surface area contributed by atoms with Gasteiger partial charge in [0.1, 0.15) is 5.00 Å². The maximum absolute atomic E-state index is 12.3. The van der Waals surface area contributed by atoms with E-state index in [9.17, 15) is 14.4 Å². The van der Waals surface area contributed by atoms with Crippen molar-refractivity contribution < 1.29 is 23.9 Å². The van der Waals surface area contributed by atoms with Crippen LogP contribution in [-0.2, 0) is 31.9 Å². The summed E-state index contributed by atoms with van der Waals surface area (Å²) in [5, 5.41) is 4.93. The summed E-state index contributed by atoms with van der Waals surface area (Å²) in [5.74, 6) is -1.09. The third kappa shape index (κ3) is 6.49. The maximum Gasteiger partial charge on any atom is 0.341 e. The van der Waals surface area contributed by atoms with E-state index in [0.29, 0.717) is 22.9 Å². The van der Waals surface area contributed by atoms with E-state index in [-0.39, 0.29) is 13.0 Å². The van der Waals surface area contributed by atoms with E-state index in [2.05, 4.69) is 19.2 Å². The standard InChI is InChI=1S/C21H25NO5S/c1-4-26-21(25)19-16(10-14(2)3)13-28-20(19)22-17(23)12-27-18(24)11-15-8-6-5-7-9-15/h5-9,13-14H,4,10-12H2,1-3H3,(H,22,23). The number of esters is 2. The average molecular weight is 404 g/mol. The van der Waals surface area contributed by atoms with Crippen molar-refractivity contribution in [2.45, 2.75) is 33.6 Å². The van der Waals surface area contributed by atoms with Gasteiger partial charge in [-0.05, 0) is 35.8 Å². The van der Waals surface area contributed by atoms with Crippen LogP contribution in [-0.4, -0.2) is 31.1 Å². The van der Waals surface area contributed by atoms with E-state index in [0.717, 1.165) is 11.1 Å². The Morgan fingerprint density at radius 1 is 1.11 bits per heavy atom. The van der Waals surface area contributed by atoms with Gasteiger partial charge in [0, 0.05) is 0 Å². The smallest absolute Gasteiger partial charge is 0.341 e. The van der Waals surface area contributed by atoms with E-state index in [1.165, 1.54) is 11.3 Å². The van der Waals surface area contributed by atoms with Gasteiger partial charge in [-0.3, -0.25) is 9.59 Å². The fourth-order valence-corrected chi connectivity index (χ4v) is 3.60. The zero-order chi connectivity index (χ0) is 20.5. The van der Waals surface area contributed by atoms with Gasteiger partial charge in [0.25, 0.3) is 5.91 Å². The number of amides is 1. The minimum absolute atomic E-state index is 0.0970. The SMILES string of the molecule is CCOC(=O)c1c(CC(C)C)csc1NC(=O)COC(=O)Cc1ccccc1. The largest absolute Gasteiger partial charge is 0.462 e. The third-order valence-electron chi connectivity index (χ3n) is 3.78. The number of anilines is 1. The van der Waals surface area contributed by atoms with E-state index in [1.54, 1.807) is 6.92 Å². The predicted octanol–water partition coefficient (Wildman–Crippen LogP) is 3.85. The van der Waals surface area contributed by atoms with Gasteiger partial charge in [0.05, 0.1) is 18.6 Å². The van der Waals surface area contributed by atoms with Crippen LogP contribution in [0.15, 0.2) is 35.7 Å². The third-order valence-corrected chi connectivity index (χ3v) is 4.73. The molecule has 1 heterocycles. The average Bonchev–Trinajstić information content (AvgIpc) is 3.02. The van der Waals surface area contributed by atoms with Crippen molar-refractivity contribution in [2.24, 2.45) is 5.92 Å². The number of hydrogen-bond donors (Lipinski definition) is 1. The molecule has 0 saturated heterocycles. The highest BCUT2D eigenvalue weighted by atomic mass is 32.1. The Labute approximate surface area is 168 Å².